The first kappa shape index (κ1) is 16.1. The van der Waals surface area contributed by atoms with Crippen LogP contribution in [0.15, 0.2) is 12.2 Å². The Morgan fingerprint density at radius 1 is 0.950 bits per heavy atom. The van der Waals surface area contributed by atoms with Crippen molar-refractivity contribution in [3.8, 4) is 0 Å². The second-order valence-corrected chi connectivity index (χ2v) is 4.74. The second kappa shape index (κ2) is 7.57. The van der Waals surface area contributed by atoms with Crippen molar-refractivity contribution in [1.82, 2.24) is 0 Å². The van der Waals surface area contributed by atoms with Gasteiger partial charge in [-0.25, -0.2) is 4.79 Å². The Labute approximate surface area is 117 Å². The lowest BCUT2D eigenvalue weighted by Gasteiger charge is -2.13. The van der Waals surface area contributed by atoms with Gasteiger partial charge >= 0.3 is 11.9 Å². The summed E-state index contributed by atoms with van der Waals surface area (Å²) in [6.45, 7) is 3.22. The zero-order valence-electron chi connectivity index (χ0n) is 11.6. The minimum Gasteiger partial charge on any atom is -0.462 e. The molecule has 1 rings (SSSR count). The molecule has 0 saturated heterocycles. The van der Waals surface area contributed by atoms with Gasteiger partial charge in [0.25, 0.3) is 0 Å². The number of esters is 2. The third kappa shape index (κ3) is 5.77. The van der Waals surface area contributed by atoms with Crippen molar-refractivity contribution in [3.63, 3.8) is 0 Å². The summed E-state index contributed by atoms with van der Waals surface area (Å²) < 4.78 is 9.99. The van der Waals surface area contributed by atoms with Crippen molar-refractivity contribution in [2.45, 2.75) is 51.7 Å². The minimum atomic E-state index is -0.670. The SMILES string of the molecule is C[C@@H]1CC(=O)C(=O)CCC(=O)O[C@H](C)C/C=C/C(=O)O1. The van der Waals surface area contributed by atoms with Gasteiger partial charge in [-0.1, -0.05) is 6.08 Å². The van der Waals surface area contributed by atoms with Gasteiger partial charge in [-0.05, 0) is 13.8 Å². The summed E-state index contributed by atoms with van der Waals surface area (Å²) in [7, 11) is 0. The molecule has 0 aliphatic carbocycles. The van der Waals surface area contributed by atoms with Gasteiger partial charge in [0.15, 0.2) is 5.78 Å². The van der Waals surface area contributed by atoms with E-state index in [1.165, 1.54) is 6.08 Å². The lowest BCUT2D eigenvalue weighted by atomic mass is 10.1. The molecular formula is C14H18O6. The molecule has 6 heteroatoms. The van der Waals surface area contributed by atoms with Crippen LogP contribution in [0, 0.1) is 0 Å². The summed E-state index contributed by atoms with van der Waals surface area (Å²) in [6, 6.07) is 0. The molecule has 0 unspecified atom stereocenters. The van der Waals surface area contributed by atoms with Crippen molar-refractivity contribution in [2.75, 3.05) is 0 Å². The standard InChI is InChI=1S/C14H18O6/c1-9-4-3-5-13(17)20-10(2)8-12(16)11(15)6-7-14(18)19-9/h3,5,9-10H,4,6-8H2,1-2H3/b5-3+/t9-,10-/m1/s1. The zero-order chi connectivity index (χ0) is 15.1. The van der Waals surface area contributed by atoms with E-state index in [0.717, 1.165) is 0 Å². The molecule has 2 atom stereocenters. The highest BCUT2D eigenvalue weighted by Gasteiger charge is 2.21. The molecule has 110 valence electrons. The van der Waals surface area contributed by atoms with E-state index >= 15 is 0 Å². The van der Waals surface area contributed by atoms with Crippen LogP contribution in [0.3, 0.4) is 0 Å². The summed E-state index contributed by atoms with van der Waals surface area (Å²) in [6.07, 6.45) is 1.60. The van der Waals surface area contributed by atoms with Gasteiger partial charge in [0, 0.05) is 18.9 Å². The first-order valence-electron chi connectivity index (χ1n) is 6.51. The molecule has 0 radical (unpaired) electrons. The zero-order valence-corrected chi connectivity index (χ0v) is 11.6. The molecule has 0 N–H and O–H groups in total. The van der Waals surface area contributed by atoms with Crippen molar-refractivity contribution in [1.29, 1.82) is 0 Å². The van der Waals surface area contributed by atoms with Crippen LogP contribution in [-0.2, 0) is 28.7 Å². The molecule has 1 aliphatic rings. The predicted molar refractivity (Wildman–Crippen MR) is 68.7 cm³/mol. The van der Waals surface area contributed by atoms with E-state index in [-0.39, 0.29) is 19.3 Å². The van der Waals surface area contributed by atoms with Gasteiger partial charge in [0.05, 0.1) is 12.8 Å². The molecule has 20 heavy (non-hydrogen) atoms. The van der Waals surface area contributed by atoms with Crippen LogP contribution in [-0.4, -0.2) is 35.7 Å². The monoisotopic (exact) mass is 282 g/mol. The summed E-state index contributed by atoms with van der Waals surface area (Å²) in [5, 5.41) is 0. The number of cyclic esters (lactones) is 2. The topological polar surface area (TPSA) is 86.7 Å². The van der Waals surface area contributed by atoms with Crippen LogP contribution in [0.1, 0.15) is 39.5 Å². The quantitative estimate of drug-likeness (QED) is 0.489. The molecular weight excluding hydrogens is 264 g/mol. The fraction of sp³-hybridized carbons (Fsp3) is 0.571. The van der Waals surface area contributed by atoms with Crippen molar-refractivity contribution in [2.24, 2.45) is 0 Å². The first-order chi connectivity index (χ1) is 9.38. The average molecular weight is 282 g/mol. The maximum absolute atomic E-state index is 11.6. The van der Waals surface area contributed by atoms with E-state index in [9.17, 15) is 19.2 Å². The normalized spacial score (nSPS) is 28.3. The Morgan fingerprint density at radius 2 is 1.65 bits per heavy atom. The Morgan fingerprint density at radius 3 is 2.35 bits per heavy atom. The molecule has 1 heterocycles. The molecule has 1 aliphatic heterocycles. The first-order valence-corrected chi connectivity index (χ1v) is 6.51. The Kier molecular flexibility index (Phi) is 6.09. The van der Waals surface area contributed by atoms with Gasteiger partial charge in [0.1, 0.15) is 12.2 Å². The molecule has 0 aromatic carbocycles. The highest BCUT2D eigenvalue weighted by molar-refractivity contribution is 6.37. The number of ketones is 2. The fourth-order valence-corrected chi connectivity index (χ4v) is 1.70. The van der Waals surface area contributed by atoms with Crippen LogP contribution in [0.25, 0.3) is 0 Å². The van der Waals surface area contributed by atoms with Crippen LogP contribution in [0.2, 0.25) is 0 Å². The Bertz CT molecular complexity index is 437. The molecule has 0 spiro atoms. The lowest BCUT2D eigenvalue weighted by molar-refractivity contribution is -0.149. The molecule has 0 fully saturated rings. The lowest BCUT2D eigenvalue weighted by Crippen LogP contribution is -2.24. The van der Waals surface area contributed by atoms with Crippen LogP contribution in [0.5, 0.6) is 0 Å². The highest BCUT2D eigenvalue weighted by atomic mass is 16.5. The third-order valence-electron chi connectivity index (χ3n) is 2.71. The number of hydrogen-bond donors (Lipinski definition) is 0. The van der Waals surface area contributed by atoms with Gasteiger partial charge in [0.2, 0.25) is 5.78 Å². The van der Waals surface area contributed by atoms with Gasteiger partial charge < -0.3 is 9.47 Å². The van der Waals surface area contributed by atoms with Crippen LogP contribution < -0.4 is 0 Å². The van der Waals surface area contributed by atoms with E-state index in [4.69, 9.17) is 9.47 Å². The van der Waals surface area contributed by atoms with Crippen molar-refractivity contribution in [3.05, 3.63) is 12.2 Å². The molecule has 0 aromatic rings. The van der Waals surface area contributed by atoms with Crippen LogP contribution in [0.4, 0.5) is 0 Å². The van der Waals surface area contributed by atoms with E-state index in [2.05, 4.69) is 0 Å². The van der Waals surface area contributed by atoms with Crippen LogP contribution >= 0.6 is 0 Å². The molecule has 0 aromatic heterocycles. The predicted octanol–water partition coefficient (Wildman–Crippen LogP) is 1.12. The molecule has 0 amide bonds. The third-order valence-corrected chi connectivity index (χ3v) is 2.71. The van der Waals surface area contributed by atoms with Gasteiger partial charge in [-0.2, -0.15) is 0 Å². The molecule has 0 saturated carbocycles. The largest absolute Gasteiger partial charge is 0.462 e. The number of Topliss-reactive ketones (excluding diaryl/α,β-unsaturated/α-hetero) is 2. The Balaban J connectivity index is 2.75. The number of carbonyl (C=O) groups excluding carboxylic acids is 4. The maximum atomic E-state index is 11.6. The number of rotatable bonds is 0. The maximum Gasteiger partial charge on any atom is 0.330 e. The smallest absolute Gasteiger partial charge is 0.330 e. The number of hydrogen-bond acceptors (Lipinski definition) is 6. The number of carbonyl (C=O) groups is 4. The molecule has 0 bridgehead atoms. The van der Waals surface area contributed by atoms with Crippen molar-refractivity contribution < 1.29 is 28.7 Å². The minimum absolute atomic E-state index is 0.118. The summed E-state index contributed by atoms with van der Waals surface area (Å²) in [5.41, 5.74) is 0. The highest BCUT2D eigenvalue weighted by Crippen LogP contribution is 2.07. The van der Waals surface area contributed by atoms with E-state index < -0.39 is 35.7 Å². The summed E-state index contributed by atoms with van der Waals surface area (Å²) in [4.78, 5) is 45.9. The van der Waals surface area contributed by atoms with E-state index in [1.54, 1.807) is 19.9 Å². The van der Waals surface area contributed by atoms with Gasteiger partial charge in [-0.3, -0.25) is 14.4 Å². The Hall–Kier alpha value is -1.98. The number of ether oxygens (including phenoxy) is 2. The van der Waals surface area contributed by atoms with E-state index in [0.29, 0.717) is 6.42 Å². The second-order valence-electron chi connectivity index (χ2n) is 4.74. The van der Waals surface area contributed by atoms with Crippen molar-refractivity contribution >= 4 is 23.5 Å². The van der Waals surface area contributed by atoms with E-state index in [1.807, 2.05) is 0 Å². The van der Waals surface area contributed by atoms with Gasteiger partial charge in [-0.15, -0.1) is 0 Å². The average Bonchev–Trinajstić information content (AvgIpc) is 2.34. The summed E-state index contributed by atoms with van der Waals surface area (Å²) in [5.74, 6) is -2.41. The molecule has 6 nitrogen and oxygen atoms in total. The fourth-order valence-electron chi connectivity index (χ4n) is 1.70. The summed E-state index contributed by atoms with van der Waals surface area (Å²) >= 11 is 0.